The zero-order valence-corrected chi connectivity index (χ0v) is 10.7. The second-order valence-electron chi connectivity index (χ2n) is 4.86. The highest BCUT2D eigenvalue weighted by Gasteiger charge is 2.38. The Balaban J connectivity index is 1.87. The Morgan fingerprint density at radius 1 is 0.833 bits per heavy atom. The summed E-state index contributed by atoms with van der Waals surface area (Å²) in [5.41, 5.74) is 0. The van der Waals surface area contributed by atoms with Gasteiger partial charge in [0.05, 0.1) is 13.2 Å². The quantitative estimate of drug-likeness (QED) is 0.563. The average molecular weight is 250 g/mol. The Bertz CT molecular complexity index is 359. The van der Waals surface area contributed by atoms with Crippen LogP contribution in [-0.4, -0.2) is 25.2 Å². The van der Waals surface area contributed by atoms with Crippen molar-refractivity contribution >= 4 is 11.9 Å². The molecule has 0 bridgehead atoms. The van der Waals surface area contributed by atoms with Gasteiger partial charge < -0.3 is 9.47 Å². The summed E-state index contributed by atoms with van der Waals surface area (Å²) < 4.78 is 10.1. The number of carbonyl (C=O) groups is 2. The minimum atomic E-state index is -0.245. The normalized spacial score (nSPS) is 32.3. The molecular formula is C14H18O4. The van der Waals surface area contributed by atoms with E-state index in [0.29, 0.717) is 25.0 Å². The topological polar surface area (TPSA) is 52.6 Å². The molecule has 4 nitrogen and oxygen atoms in total. The first-order valence-corrected chi connectivity index (χ1v) is 6.21. The number of fused-ring (bicyclic) bond motifs is 1. The van der Waals surface area contributed by atoms with E-state index >= 15 is 0 Å². The molecule has 0 aromatic carbocycles. The van der Waals surface area contributed by atoms with Gasteiger partial charge in [-0.05, 0) is 11.8 Å². The lowest BCUT2D eigenvalue weighted by Crippen LogP contribution is -2.22. The maximum Gasteiger partial charge on any atom is 0.302 e. The minimum absolute atomic E-state index is 0.245. The zero-order chi connectivity index (χ0) is 13.1. The predicted octanol–water partition coefficient (Wildman–Crippen LogP) is 1.72. The maximum absolute atomic E-state index is 10.8. The molecule has 98 valence electrons. The molecule has 0 aromatic rings. The van der Waals surface area contributed by atoms with Crippen LogP contribution in [0.5, 0.6) is 0 Å². The molecule has 0 aliphatic heterocycles. The molecule has 0 spiro atoms. The van der Waals surface area contributed by atoms with Gasteiger partial charge in [-0.1, -0.05) is 24.3 Å². The third-order valence-corrected chi connectivity index (χ3v) is 3.55. The Morgan fingerprint density at radius 3 is 1.56 bits per heavy atom. The predicted molar refractivity (Wildman–Crippen MR) is 65.5 cm³/mol. The van der Waals surface area contributed by atoms with Crippen LogP contribution in [0.1, 0.15) is 13.8 Å². The summed E-state index contributed by atoms with van der Waals surface area (Å²) >= 11 is 0. The summed E-state index contributed by atoms with van der Waals surface area (Å²) in [4.78, 5) is 21.6. The van der Waals surface area contributed by atoms with Crippen molar-refractivity contribution in [1.82, 2.24) is 0 Å². The van der Waals surface area contributed by atoms with Gasteiger partial charge in [0.1, 0.15) is 0 Å². The van der Waals surface area contributed by atoms with E-state index in [9.17, 15) is 9.59 Å². The molecule has 0 radical (unpaired) electrons. The Morgan fingerprint density at radius 2 is 1.22 bits per heavy atom. The van der Waals surface area contributed by atoms with Gasteiger partial charge >= 0.3 is 11.9 Å². The molecule has 0 aromatic heterocycles. The Hall–Kier alpha value is -1.58. The summed E-state index contributed by atoms with van der Waals surface area (Å²) in [5, 5.41) is 0. The largest absolute Gasteiger partial charge is 0.465 e. The standard InChI is InChI=1S/C14H18O4/c1-9(15)17-7-11-3-5-14-12(4-6-13(11)14)8-18-10(2)16/h3-6,11-14H,7-8H2,1-2H3/t11-,12-,13+,14+/m1/s1. The molecular weight excluding hydrogens is 232 g/mol. The van der Waals surface area contributed by atoms with Crippen LogP contribution >= 0.6 is 0 Å². The second-order valence-corrected chi connectivity index (χ2v) is 4.86. The van der Waals surface area contributed by atoms with E-state index in [2.05, 4.69) is 24.3 Å². The molecule has 4 heteroatoms. The van der Waals surface area contributed by atoms with Gasteiger partial charge in [0.2, 0.25) is 0 Å². The highest BCUT2D eigenvalue weighted by molar-refractivity contribution is 5.66. The van der Waals surface area contributed by atoms with Crippen LogP contribution in [0.4, 0.5) is 0 Å². The van der Waals surface area contributed by atoms with E-state index in [1.165, 1.54) is 13.8 Å². The van der Waals surface area contributed by atoms with E-state index in [0.717, 1.165) is 0 Å². The van der Waals surface area contributed by atoms with Gasteiger partial charge in [-0.3, -0.25) is 9.59 Å². The van der Waals surface area contributed by atoms with Crippen LogP contribution in [-0.2, 0) is 19.1 Å². The molecule has 0 heterocycles. The first kappa shape index (κ1) is 12.9. The number of esters is 2. The molecule has 2 aliphatic carbocycles. The molecule has 0 fully saturated rings. The first-order valence-electron chi connectivity index (χ1n) is 6.21. The van der Waals surface area contributed by atoms with E-state index in [1.54, 1.807) is 0 Å². The summed E-state index contributed by atoms with van der Waals surface area (Å²) in [5.74, 6) is 0.736. The van der Waals surface area contributed by atoms with E-state index in [4.69, 9.17) is 9.47 Å². The third-order valence-electron chi connectivity index (χ3n) is 3.55. The average Bonchev–Trinajstić information content (AvgIpc) is 2.85. The molecule has 4 atom stereocenters. The summed E-state index contributed by atoms with van der Waals surface area (Å²) in [6.07, 6.45) is 8.49. The molecule has 0 saturated heterocycles. The van der Waals surface area contributed by atoms with Crippen LogP contribution in [0.2, 0.25) is 0 Å². The number of allylic oxidation sites excluding steroid dienone is 2. The van der Waals surface area contributed by atoms with Crippen molar-refractivity contribution in [1.29, 1.82) is 0 Å². The fourth-order valence-corrected chi connectivity index (χ4v) is 2.67. The second kappa shape index (κ2) is 5.38. The third kappa shape index (κ3) is 2.81. The van der Waals surface area contributed by atoms with Crippen LogP contribution in [0.15, 0.2) is 24.3 Å². The monoisotopic (exact) mass is 250 g/mol. The van der Waals surface area contributed by atoms with Crippen molar-refractivity contribution in [3.63, 3.8) is 0 Å². The van der Waals surface area contributed by atoms with Gasteiger partial charge in [-0.25, -0.2) is 0 Å². The highest BCUT2D eigenvalue weighted by atomic mass is 16.5. The summed E-state index contributed by atoms with van der Waals surface area (Å²) in [6.45, 7) is 3.70. The van der Waals surface area contributed by atoms with Crippen LogP contribution in [0.25, 0.3) is 0 Å². The van der Waals surface area contributed by atoms with Gasteiger partial charge in [-0.15, -0.1) is 0 Å². The van der Waals surface area contributed by atoms with Crippen LogP contribution < -0.4 is 0 Å². The van der Waals surface area contributed by atoms with Crippen LogP contribution in [0, 0.1) is 23.7 Å². The van der Waals surface area contributed by atoms with Crippen molar-refractivity contribution in [2.75, 3.05) is 13.2 Å². The van der Waals surface area contributed by atoms with E-state index < -0.39 is 0 Å². The fourth-order valence-electron chi connectivity index (χ4n) is 2.67. The lowest BCUT2D eigenvalue weighted by atomic mass is 9.87. The number of carbonyl (C=O) groups excluding carboxylic acids is 2. The van der Waals surface area contributed by atoms with Crippen molar-refractivity contribution in [2.24, 2.45) is 23.7 Å². The number of rotatable bonds is 4. The molecule has 0 unspecified atom stereocenters. The summed E-state index contributed by atoms with van der Waals surface area (Å²) in [7, 11) is 0. The smallest absolute Gasteiger partial charge is 0.302 e. The number of hydrogen-bond donors (Lipinski definition) is 0. The van der Waals surface area contributed by atoms with Gasteiger partial charge in [0.15, 0.2) is 0 Å². The SMILES string of the molecule is CC(=O)OC[C@H]1C=C[C@@H]2[C@H]1C=C[C@@H]2COC(C)=O. The van der Waals surface area contributed by atoms with Gasteiger partial charge in [0, 0.05) is 25.7 Å². The highest BCUT2D eigenvalue weighted by Crippen LogP contribution is 2.42. The maximum atomic E-state index is 10.8. The molecule has 0 amide bonds. The number of hydrogen-bond acceptors (Lipinski definition) is 4. The molecule has 2 rings (SSSR count). The van der Waals surface area contributed by atoms with Crippen molar-refractivity contribution in [2.45, 2.75) is 13.8 Å². The molecule has 18 heavy (non-hydrogen) atoms. The fraction of sp³-hybridized carbons (Fsp3) is 0.571. The Labute approximate surface area is 107 Å². The van der Waals surface area contributed by atoms with Gasteiger partial charge in [0.25, 0.3) is 0 Å². The van der Waals surface area contributed by atoms with Crippen molar-refractivity contribution < 1.29 is 19.1 Å². The summed E-state index contributed by atoms with van der Waals surface area (Å²) in [6, 6.07) is 0. The first-order chi connectivity index (χ1) is 8.58. The number of ether oxygens (including phenoxy) is 2. The van der Waals surface area contributed by atoms with Crippen LogP contribution in [0.3, 0.4) is 0 Å². The van der Waals surface area contributed by atoms with Gasteiger partial charge in [-0.2, -0.15) is 0 Å². The molecule has 0 N–H and O–H groups in total. The zero-order valence-electron chi connectivity index (χ0n) is 10.7. The molecule has 0 saturated carbocycles. The molecule has 2 aliphatic rings. The van der Waals surface area contributed by atoms with Crippen molar-refractivity contribution in [3.05, 3.63) is 24.3 Å². The van der Waals surface area contributed by atoms with E-state index in [1.807, 2.05) is 0 Å². The lowest BCUT2D eigenvalue weighted by Gasteiger charge is -2.21. The minimum Gasteiger partial charge on any atom is -0.465 e. The Kier molecular flexibility index (Phi) is 3.84. The van der Waals surface area contributed by atoms with E-state index in [-0.39, 0.29) is 23.8 Å². The lowest BCUT2D eigenvalue weighted by molar-refractivity contribution is -0.143. The van der Waals surface area contributed by atoms with Crippen molar-refractivity contribution in [3.8, 4) is 0 Å².